The molecule has 94 valence electrons. The first-order valence-corrected chi connectivity index (χ1v) is 7.38. The maximum absolute atomic E-state index is 12.0. The van der Waals surface area contributed by atoms with E-state index >= 15 is 0 Å². The van der Waals surface area contributed by atoms with Crippen LogP contribution in [0.2, 0.25) is 0 Å². The Morgan fingerprint density at radius 3 is 2.71 bits per heavy atom. The highest BCUT2D eigenvalue weighted by atomic mass is 32.2. The van der Waals surface area contributed by atoms with Crippen LogP contribution in [0.5, 0.6) is 0 Å². The van der Waals surface area contributed by atoms with Gasteiger partial charge in [-0.3, -0.25) is 4.31 Å². The number of anilines is 1. The summed E-state index contributed by atoms with van der Waals surface area (Å²) in [4.78, 5) is 0. The molecule has 0 aromatic heterocycles. The zero-order valence-electron chi connectivity index (χ0n) is 10.2. The quantitative estimate of drug-likeness (QED) is 0.881. The Morgan fingerprint density at radius 2 is 2.12 bits per heavy atom. The molecule has 1 fully saturated rings. The van der Waals surface area contributed by atoms with Crippen molar-refractivity contribution in [2.24, 2.45) is 5.92 Å². The van der Waals surface area contributed by atoms with E-state index in [1.807, 2.05) is 38.2 Å². The van der Waals surface area contributed by atoms with Gasteiger partial charge in [-0.25, -0.2) is 8.42 Å². The molecule has 1 saturated heterocycles. The van der Waals surface area contributed by atoms with Gasteiger partial charge in [0.15, 0.2) is 0 Å². The van der Waals surface area contributed by atoms with E-state index in [4.69, 9.17) is 0 Å². The Kier molecular flexibility index (Phi) is 3.40. The Hall–Kier alpha value is -1.07. The van der Waals surface area contributed by atoms with Crippen molar-refractivity contribution in [3.8, 4) is 0 Å². The normalized spacial score (nSPS) is 22.9. The maximum atomic E-state index is 12.0. The third kappa shape index (κ3) is 2.45. The van der Waals surface area contributed by atoms with Gasteiger partial charge in [0.25, 0.3) is 0 Å². The molecule has 1 aromatic rings. The van der Waals surface area contributed by atoms with Crippen LogP contribution < -0.4 is 9.62 Å². The third-order valence-electron chi connectivity index (χ3n) is 2.94. The first-order chi connectivity index (χ1) is 8.04. The van der Waals surface area contributed by atoms with Gasteiger partial charge in [-0.05, 0) is 24.6 Å². The monoisotopic (exact) mass is 254 g/mol. The number of rotatable bonds is 3. The Labute approximate surface area is 103 Å². The number of benzene rings is 1. The minimum atomic E-state index is -3.12. The molecule has 0 saturated carbocycles. The molecule has 1 aromatic carbocycles. The van der Waals surface area contributed by atoms with E-state index in [1.165, 1.54) is 0 Å². The van der Waals surface area contributed by atoms with Crippen LogP contribution in [0.4, 0.5) is 5.69 Å². The minimum absolute atomic E-state index is 0.197. The largest absolute Gasteiger partial charge is 0.316 e. The van der Waals surface area contributed by atoms with Crippen LogP contribution in [0.15, 0.2) is 24.3 Å². The number of sulfonamides is 1. The molecule has 1 aliphatic heterocycles. The van der Waals surface area contributed by atoms with Crippen LogP contribution in [-0.2, 0) is 16.6 Å². The predicted octanol–water partition coefficient (Wildman–Crippen LogP) is 1.19. The molecule has 17 heavy (non-hydrogen) atoms. The van der Waals surface area contributed by atoms with Crippen LogP contribution in [-0.4, -0.2) is 27.8 Å². The van der Waals surface area contributed by atoms with E-state index in [-0.39, 0.29) is 11.7 Å². The average Bonchev–Trinajstić information content (AvgIpc) is 2.53. The van der Waals surface area contributed by atoms with Gasteiger partial charge in [-0.15, -0.1) is 0 Å². The molecule has 0 spiro atoms. The Morgan fingerprint density at radius 1 is 1.41 bits per heavy atom. The molecule has 1 aliphatic rings. The highest BCUT2D eigenvalue weighted by Crippen LogP contribution is 2.29. The van der Waals surface area contributed by atoms with E-state index in [2.05, 4.69) is 5.32 Å². The molecule has 4 nitrogen and oxygen atoms in total. The SMILES string of the molecule is CNCc1ccccc1N1CC(C)CS1(=O)=O. The van der Waals surface area contributed by atoms with Gasteiger partial charge in [0, 0.05) is 13.1 Å². The van der Waals surface area contributed by atoms with Crippen LogP contribution in [0.3, 0.4) is 0 Å². The second-order valence-corrected chi connectivity index (χ2v) is 6.51. The highest BCUT2D eigenvalue weighted by Gasteiger charge is 2.34. The van der Waals surface area contributed by atoms with Gasteiger partial charge >= 0.3 is 0 Å². The molecular formula is C12H18N2O2S. The van der Waals surface area contributed by atoms with E-state index in [9.17, 15) is 8.42 Å². The summed E-state index contributed by atoms with van der Waals surface area (Å²) in [7, 11) is -1.27. The zero-order chi connectivity index (χ0) is 12.5. The van der Waals surface area contributed by atoms with Crippen LogP contribution in [0.25, 0.3) is 0 Å². The molecule has 0 aliphatic carbocycles. The van der Waals surface area contributed by atoms with Crippen LogP contribution >= 0.6 is 0 Å². The van der Waals surface area contributed by atoms with Gasteiger partial charge in [0.1, 0.15) is 0 Å². The third-order valence-corrected chi connectivity index (χ3v) is 4.94. The van der Waals surface area contributed by atoms with Crippen LogP contribution in [0.1, 0.15) is 12.5 Å². The molecule has 5 heteroatoms. The van der Waals surface area contributed by atoms with Gasteiger partial charge in [0.2, 0.25) is 10.0 Å². The summed E-state index contributed by atoms with van der Waals surface area (Å²) >= 11 is 0. The van der Waals surface area contributed by atoms with Crippen molar-refractivity contribution in [3.63, 3.8) is 0 Å². The number of nitrogens with zero attached hydrogens (tertiary/aromatic N) is 1. The van der Waals surface area contributed by atoms with E-state index in [0.717, 1.165) is 11.3 Å². The van der Waals surface area contributed by atoms with Gasteiger partial charge in [-0.1, -0.05) is 25.1 Å². The van der Waals surface area contributed by atoms with Crippen molar-refractivity contribution >= 4 is 15.7 Å². The van der Waals surface area contributed by atoms with E-state index < -0.39 is 10.0 Å². The zero-order valence-corrected chi connectivity index (χ0v) is 11.0. The maximum Gasteiger partial charge on any atom is 0.235 e. The van der Waals surface area contributed by atoms with Gasteiger partial charge in [0.05, 0.1) is 11.4 Å². The number of hydrogen-bond donors (Lipinski definition) is 1. The van der Waals surface area contributed by atoms with Crippen molar-refractivity contribution in [2.75, 3.05) is 23.7 Å². The summed E-state index contributed by atoms with van der Waals surface area (Å²) in [5.41, 5.74) is 1.83. The highest BCUT2D eigenvalue weighted by molar-refractivity contribution is 7.93. The molecule has 1 atom stereocenters. The number of nitrogens with one attached hydrogen (secondary N) is 1. The average molecular weight is 254 g/mol. The predicted molar refractivity (Wildman–Crippen MR) is 69.5 cm³/mol. The summed E-state index contributed by atoms with van der Waals surface area (Å²) in [6.45, 7) is 3.23. The summed E-state index contributed by atoms with van der Waals surface area (Å²) in [5.74, 6) is 0.448. The van der Waals surface area contributed by atoms with Crippen molar-refractivity contribution < 1.29 is 8.42 Å². The number of para-hydroxylation sites is 1. The van der Waals surface area contributed by atoms with Crippen molar-refractivity contribution in [3.05, 3.63) is 29.8 Å². The second-order valence-electron chi connectivity index (χ2n) is 4.57. The van der Waals surface area contributed by atoms with E-state index in [0.29, 0.717) is 13.1 Å². The Balaban J connectivity index is 2.40. The molecule has 1 unspecified atom stereocenters. The first-order valence-electron chi connectivity index (χ1n) is 5.77. The lowest BCUT2D eigenvalue weighted by Crippen LogP contribution is -2.27. The fraction of sp³-hybridized carbons (Fsp3) is 0.500. The molecule has 0 amide bonds. The Bertz CT molecular complexity index is 499. The molecule has 0 bridgehead atoms. The number of hydrogen-bond acceptors (Lipinski definition) is 3. The standard InChI is InChI=1S/C12H18N2O2S/c1-10-8-14(17(15,16)9-10)12-6-4-3-5-11(12)7-13-2/h3-6,10,13H,7-9H2,1-2H3. The molecule has 1 heterocycles. The molecule has 0 radical (unpaired) electrons. The second kappa shape index (κ2) is 4.66. The summed E-state index contributed by atoms with van der Waals surface area (Å²) in [5, 5.41) is 3.06. The topological polar surface area (TPSA) is 49.4 Å². The fourth-order valence-corrected chi connectivity index (χ4v) is 4.20. The summed E-state index contributed by atoms with van der Waals surface area (Å²) in [6, 6.07) is 7.65. The van der Waals surface area contributed by atoms with Gasteiger partial charge < -0.3 is 5.32 Å². The smallest absolute Gasteiger partial charge is 0.235 e. The minimum Gasteiger partial charge on any atom is -0.316 e. The molecular weight excluding hydrogens is 236 g/mol. The first kappa shape index (κ1) is 12.4. The lowest BCUT2D eigenvalue weighted by molar-refractivity contribution is 0.597. The molecule has 1 N–H and O–H groups in total. The van der Waals surface area contributed by atoms with Crippen molar-refractivity contribution in [2.45, 2.75) is 13.5 Å². The van der Waals surface area contributed by atoms with Crippen molar-refractivity contribution in [1.82, 2.24) is 5.32 Å². The fourth-order valence-electron chi connectivity index (χ4n) is 2.24. The molecule has 2 rings (SSSR count). The lowest BCUT2D eigenvalue weighted by atomic mass is 10.1. The van der Waals surface area contributed by atoms with Crippen LogP contribution in [0, 0.1) is 5.92 Å². The van der Waals surface area contributed by atoms with Gasteiger partial charge in [-0.2, -0.15) is 0 Å². The van der Waals surface area contributed by atoms with Crippen molar-refractivity contribution in [1.29, 1.82) is 0 Å². The van der Waals surface area contributed by atoms with E-state index in [1.54, 1.807) is 4.31 Å². The lowest BCUT2D eigenvalue weighted by Gasteiger charge is -2.20. The summed E-state index contributed by atoms with van der Waals surface area (Å²) < 4.78 is 25.6. The summed E-state index contributed by atoms with van der Waals surface area (Å²) in [6.07, 6.45) is 0.